The van der Waals surface area contributed by atoms with Crippen molar-refractivity contribution in [3.63, 3.8) is 0 Å². The maximum atomic E-state index is 14.0. The fourth-order valence-electron chi connectivity index (χ4n) is 3.94. The minimum absolute atomic E-state index is 0.225. The van der Waals surface area contributed by atoms with Gasteiger partial charge >= 0.3 is 11.9 Å². The van der Waals surface area contributed by atoms with E-state index in [9.17, 15) is 14.0 Å². The number of carbonyl (C=O) groups excluding carboxylic acids is 2. The fraction of sp³-hybridized carbons (Fsp3) is 0.440. The summed E-state index contributed by atoms with van der Waals surface area (Å²) in [5.74, 6) is -1.30. The van der Waals surface area contributed by atoms with Crippen LogP contribution in [0.25, 0.3) is 0 Å². The summed E-state index contributed by atoms with van der Waals surface area (Å²) in [6.45, 7) is 7.80. The van der Waals surface area contributed by atoms with Gasteiger partial charge in [0.25, 0.3) is 0 Å². The SMILES string of the molecule is CC(C)OC(=O)[C@H](C)OC(=O)C1=C(CN2CCOCC2)NC(c2nccs2)=N[C@H]1c1ccc(F)cc1Br. The smallest absolute Gasteiger partial charge is 0.347 e. The molecule has 0 aliphatic carbocycles. The third-order valence-electron chi connectivity index (χ3n) is 5.69. The number of rotatable bonds is 8. The maximum Gasteiger partial charge on any atom is 0.347 e. The molecule has 198 valence electrons. The second kappa shape index (κ2) is 12.2. The molecule has 1 aromatic heterocycles. The summed E-state index contributed by atoms with van der Waals surface area (Å²) in [7, 11) is 0. The molecule has 0 amide bonds. The highest BCUT2D eigenvalue weighted by Gasteiger charge is 2.36. The highest BCUT2D eigenvalue weighted by molar-refractivity contribution is 9.10. The maximum absolute atomic E-state index is 14.0. The van der Waals surface area contributed by atoms with Crippen LogP contribution in [0.15, 0.2) is 50.5 Å². The van der Waals surface area contributed by atoms with Gasteiger partial charge in [0.2, 0.25) is 0 Å². The van der Waals surface area contributed by atoms with Crippen molar-refractivity contribution in [1.82, 2.24) is 15.2 Å². The summed E-state index contributed by atoms with van der Waals surface area (Å²) in [6.07, 6.45) is 0.188. The van der Waals surface area contributed by atoms with Gasteiger partial charge in [-0.3, -0.25) is 9.89 Å². The number of hydrogen-bond donors (Lipinski definition) is 1. The molecule has 1 N–H and O–H groups in total. The first-order chi connectivity index (χ1) is 17.7. The third-order valence-corrected chi connectivity index (χ3v) is 7.16. The van der Waals surface area contributed by atoms with Gasteiger partial charge in [-0.25, -0.2) is 19.0 Å². The number of nitrogens with one attached hydrogen (secondary N) is 1. The molecule has 2 atom stereocenters. The number of amidine groups is 1. The number of hydrogen-bond acceptors (Lipinski definition) is 10. The van der Waals surface area contributed by atoms with Crippen LogP contribution in [0.1, 0.15) is 37.4 Å². The molecule has 12 heteroatoms. The molecule has 1 saturated heterocycles. The third kappa shape index (κ3) is 6.81. The van der Waals surface area contributed by atoms with E-state index in [1.54, 1.807) is 26.1 Å². The molecule has 2 aliphatic heterocycles. The molecular weight excluding hydrogens is 567 g/mol. The standard InChI is InChI=1S/C25H28BrFN4O5S/c1-14(2)35-24(32)15(3)36-25(33)20-19(13-31-7-9-34-10-8-31)29-22(23-28-6-11-37-23)30-21(20)17-5-4-16(27)12-18(17)26/h4-6,11-12,14-15,21H,7-10,13H2,1-3H3,(H,29,30)/t15-,21-/m0/s1. The number of halogens is 2. The lowest BCUT2D eigenvalue weighted by Crippen LogP contribution is -2.43. The Morgan fingerprint density at radius 1 is 1.27 bits per heavy atom. The van der Waals surface area contributed by atoms with Gasteiger partial charge in [0, 0.05) is 41.4 Å². The van der Waals surface area contributed by atoms with Crippen LogP contribution in [0.3, 0.4) is 0 Å². The van der Waals surface area contributed by atoms with Crippen LogP contribution in [0.2, 0.25) is 0 Å². The summed E-state index contributed by atoms with van der Waals surface area (Å²) in [5, 5.41) is 5.76. The molecule has 37 heavy (non-hydrogen) atoms. The fourth-order valence-corrected chi connectivity index (χ4v) is 5.10. The first-order valence-corrected chi connectivity index (χ1v) is 13.5. The predicted molar refractivity (Wildman–Crippen MR) is 140 cm³/mol. The Morgan fingerprint density at radius 2 is 2.03 bits per heavy atom. The number of thiazole rings is 1. The molecule has 0 saturated carbocycles. The van der Waals surface area contributed by atoms with E-state index in [0.717, 1.165) is 0 Å². The molecule has 2 aliphatic rings. The van der Waals surface area contributed by atoms with E-state index in [-0.39, 0.29) is 11.7 Å². The molecule has 1 aromatic carbocycles. The molecule has 9 nitrogen and oxygen atoms in total. The molecular formula is C25H28BrFN4O5S. The van der Waals surface area contributed by atoms with E-state index < -0.39 is 29.9 Å². The number of aliphatic imine (C=N–C) groups is 1. The summed E-state index contributed by atoms with van der Waals surface area (Å²) >= 11 is 4.83. The van der Waals surface area contributed by atoms with Gasteiger partial charge in [-0.15, -0.1) is 11.3 Å². The van der Waals surface area contributed by atoms with Gasteiger partial charge in [0.1, 0.15) is 11.9 Å². The number of ether oxygens (including phenoxy) is 3. The Hall–Kier alpha value is -2.67. The summed E-state index contributed by atoms with van der Waals surface area (Å²) in [6, 6.07) is 3.37. The largest absolute Gasteiger partial charge is 0.460 e. The highest BCUT2D eigenvalue weighted by Crippen LogP contribution is 2.37. The number of aromatic nitrogens is 1. The van der Waals surface area contributed by atoms with Gasteiger partial charge in [0.05, 0.1) is 24.9 Å². The zero-order chi connectivity index (χ0) is 26.5. The Labute approximate surface area is 226 Å². The van der Waals surface area contributed by atoms with Gasteiger partial charge in [-0.2, -0.15) is 0 Å². The molecule has 3 heterocycles. The first-order valence-electron chi connectivity index (χ1n) is 11.9. The van der Waals surface area contributed by atoms with Crippen LogP contribution in [-0.2, 0) is 23.8 Å². The van der Waals surface area contributed by atoms with Crippen LogP contribution in [0.5, 0.6) is 0 Å². The Balaban J connectivity index is 1.77. The molecule has 0 spiro atoms. The summed E-state index contributed by atoms with van der Waals surface area (Å²) in [5.41, 5.74) is 1.36. The molecule has 0 unspecified atom stereocenters. The van der Waals surface area contributed by atoms with Crippen LogP contribution in [-0.4, -0.2) is 72.7 Å². The second-order valence-electron chi connectivity index (χ2n) is 8.82. The normalized spacial score (nSPS) is 19.3. The van der Waals surface area contributed by atoms with E-state index >= 15 is 0 Å². The van der Waals surface area contributed by atoms with Crippen molar-refractivity contribution in [1.29, 1.82) is 0 Å². The molecule has 1 fully saturated rings. The number of nitrogens with zero attached hydrogens (tertiary/aromatic N) is 3. The Morgan fingerprint density at radius 3 is 2.68 bits per heavy atom. The van der Waals surface area contributed by atoms with Crippen molar-refractivity contribution >= 4 is 45.0 Å². The molecule has 0 radical (unpaired) electrons. The van der Waals surface area contributed by atoms with Crippen LogP contribution < -0.4 is 5.32 Å². The summed E-state index contributed by atoms with van der Waals surface area (Å²) in [4.78, 5) is 37.4. The van der Waals surface area contributed by atoms with E-state index in [2.05, 4.69) is 31.1 Å². The van der Waals surface area contributed by atoms with Crippen LogP contribution >= 0.6 is 27.3 Å². The topological polar surface area (TPSA) is 102 Å². The van der Waals surface area contributed by atoms with E-state index in [0.29, 0.717) is 59.4 Å². The number of carbonyl (C=O) groups is 2. The number of benzene rings is 1. The average molecular weight is 595 g/mol. The van der Waals surface area contributed by atoms with Gasteiger partial charge < -0.3 is 19.5 Å². The zero-order valence-corrected chi connectivity index (χ0v) is 23.1. The minimum atomic E-state index is -1.13. The van der Waals surface area contributed by atoms with E-state index in [1.165, 1.54) is 30.4 Å². The van der Waals surface area contributed by atoms with Crippen molar-refractivity contribution in [3.8, 4) is 0 Å². The van der Waals surface area contributed by atoms with Crippen LogP contribution in [0.4, 0.5) is 4.39 Å². The number of morpholine rings is 1. The lowest BCUT2D eigenvalue weighted by molar-refractivity contribution is -0.167. The van der Waals surface area contributed by atoms with Crippen molar-refractivity contribution < 1.29 is 28.2 Å². The van der Waals surface area contributed by atoms with Gasteiger partial charge in [-0.05, 0) is 38.5 Å². The van der Waals surface area contributed by atoms with Crippen molar-refractivity contribution in [2.75, 3.05) is 32.8 Å². The predicted octanol–water partition coefficient (Wildman–Crippen LogP) is 3.61. The Kier molecular flexibility index (Phi) is 9.06. The highest BCUT2D eigenvalue weighted by atomic mass is 79.9. The van der Waals surface area contributed by atoms with E-state index in [1.807, 2.05) is 5.38 Å². The monoisotopic (exact) mass is 594 g/mol. The van der Waals surface area contributed by atoms with Crippen molar-refractivity contribution in [2.45, 2.75) is 39.0 Å². The number of esters is 2. The van der Waals surface area contributed by atoms with Gasteiger partial charge in [-0.1, -0.05) is 22.0 Å². The lowest BCUT2D eigenvalue weighted by atomic mass is 9.95. The van der Waals surface area contributed by atoms with Crippen molar-refractivity contribution in [2.24, 2.45) is 4.99 Å². The lowest BCUT2D eigenvalue weighted by Gasteiger charge is -2.32. The summed E-state index contributed by atoms with van der Waals surface area (Å²) < 4.78 is 30.7. The first kappa shape index (κ1) is 27.4. The Bertz CT molecular complexity index is 1200. The van der Waals surface area contributed by atoms with E-state index in [4.69, 9.17) is 19.2 Å². The minimum Gasteiger partial charge on any atom is -0.460 e. The molecule has 0 bridgehead atoms. The molecule has 4 rings (SSSR count). The van der Waals surface area contributed by atoms with Crippen molar-refractivity contribution in [3.05, 3.63) is 61.9 Å². The van der Waals surface area contributed by atoms with Gasteiger partial charge in [0.15, 0.2) is 16.9 Å². The second-order valence-corrected chi connectivity index (χ2v) is 10.6. The average Bonchev–Trinajstić information content (AvgIpc) is 3.39. The van der Waals surface area contributed by atoms with Crippen LogP contribution in [0, 0.1) is 5.82 Å². The zero-order valence-electron chi connectivity index (χ0n) is 20.7. The quantitative estimate of drug-likeness (QED) is 0.462. The molecule has 2 aromatic rings.